The van der Waals surface area contributed by atoms with E-state index >= 15 is 0 Å². The molecule has 0 atom stereocenters. The lowest BCUT2D eigenvalue weighted by molar-refractivity contribution is -0.121. The summed E-state index contributed by atoms with van der Waals surface area (Å²) >= 11 is 0. The van der Waals surface area contributed by atoms with Gasteiger partial charge in [-0.15, -0.1) is 0 Å². The fourth-order valence-electron chi connectivity index (χ4n) is 2.30. The van der Waals surface area contributed by atoms with Crippen LogP contribution >= 0.6 is 0 Å². The van der Waals surface area contributed by atoms with Crippen molar-refractivity contribution in [2.75, 3.05) is 13.1 Å². The zero-order valence-corrected chi connectivity index (χ0v) is 11.0. The summed E-state index contributed by atoms with van der Waals surface area (Å²) in [4.78, 5) is 24.5. The molecular weight excluding hydrogens is 244 g/mol. The summed E-state index contributed by atoms with van der Waals surface area (Å²) in [6.07, 6.45) is 0.480. The Bertz CT molecular complexity index is 499. The number of aromatic carboxylic acids is 1. The molecule has 1 heterocycles. The average Bonchev–Trinajstić information content (AvgIpc) is 2.78. The van der Waals surface area contributed by atoms with E-state index in [1.165, 1.54) is 0 Å². The molecule has 2 rings (SSSR count). The van der Waals surface area contributed by atoms with Gasteiger partial charge in [-0.1, -0.05) is 6.07 Å². The molecule has 1 aliphatic heterocycles. The maximum Gasteiger partial charge on any atom is 0.335 e. The Hall–Kier alpha value is -1.88. The molecule has 1 aliphatic rings. The third-order valence-electron chi connectivity index (χ3n) is 3.27. The molecule has 0 fully saturated rings. The van der Waals surface area contributed by atoms with Crippen molar-refractivity contribution in [3.8, 4) is 0 Å². The van der Waals surface area contributed by atoms with Crippen molar-refractivity contribution in [1.29, 1.82) is 0 Å². The van der Waals surface area contributed by atoms with Crippen LogP contribution in [0.3, 0.4) is 0 Å². The summed E-state index contributed by atoms with van der Waals surface area (Å²) in [5.41, 5.74) is 2.53. The number of amides is 1. The SMILES string of the molecule is CCNC(=O)CCN1Cc2ccc(C(=O)O)cc2C1. The highest BCUT2D eigenvalue weighted by atomic mass is 16.4. The Balaban J connectivity index is 1.93. The number of carboxylic acid groups (broad SMARTS) is 1. The van der Waals surface area contributed by atoms with Crippen LogP contribution in [0.15, 0.2) is 18.2 Å². The van der Waals surface area contributed by atoms with Gasteiger partial charge in [0.15, 0.2) is 0 Å². The van der Waals surface area contributed by atoms with E-state index in [2.05, 4.69) is 10.2 Å². The lowest BCUT2D eigenvalue weighted by atomic mass is 10.1. The predicted octanol–water partition coefficient (Wildman–Crippen LogP) is 1.23. The molecule has 1 aromatic carbocycles. The van der Waals surface area contributed by atoms with Crippen LogP contribution in [0.25, 0.3) is 0 Å². The second-order valence-electron chi connectivity index (χ2n) is 4.70. The number of nitrogens with one attached hydrogen (secondary N) is 1. The van der Waals surface area contributed by atoms with Gasteiger partial charge in [0.25, 0.3) is 0 Å². The van der Waals surface area contributed by atoms with Crippen molar-refractivity contribution in [2.45, 2.75) is 26.4 Å². The maximum absolute atomic E-state index is 11.4. The number of nitrogens with zero attached hydrogens (tertiary/aromatic N) is 1. The second kappa shape index (κ2) is 5.84. The van der Waals surface area contributed by atoms with E-state index in [-0.39, 0.29) is 5.91 Å². The maximum atomic E-state index is 11.4. The first kappa shape index (κ1) is 13.5. The van der Waals surface area contributed by atoms with Crippen molar-refractivity contribution in [1.82, 2.24) is 10.2 Å². The molecule has 0 spiro atoms. The molecule has 0 saturated heterocycles. The normalized spacial score (nSPS) is 14.2. The molecule has 5 nitrogen and oxygen atoms in total. The Morgan fingerprint density at radius 2 is 2.05 bits per heavy atom. The number of hydrogen-bond donors (Lipinski definition) is 2. The van der Waals surface area contributed by atoms with Crippen LogP contribution < -0.4 is 5.32 Å². The highest BCUT2D eigenvalue weighted by Gasteiger charge is 2.20. The molecular formula is C14H18N2O3. The van der Waals surface area contributed by atoms with E-state index in [9.17, 15) is 9.59 Å². The molecule has 0 aromatic heterocycles. The molecule has 0 unspecified atom stereocenters. The monoisotopic (exact) mass is 262 g/mol. The van der Waals surface area contributed by atoms with Gasteiger partial charge in [-0.25, -0.2) is 4.79 Å². The van der Waals surface area contributed by atoms with Crippen LogP contribution in [0.1, 0.15) is 34.8 Å². The number of benzene rings is 1. The largest absolute Gasteiger partial charge is 0.478 e. The fraction of sp³-hybridized carbons (Fsp3) is 0.429. The zero-order valence-electron chi connectivity index (χ0n) is 11.0. The summed E-state index contributed by atoms with van der Waals surface area (Å²) in [5, 5.41) is 11.7. The van der Waals surface area contributed by atoms with Gasteiger partial charge in [0.05, 0.1) is 5.56 Å². The highest BCUT2D eigenvalue weighted by molar-refractivity contribution is 5.88. The van der Waals surface area contributed by atoms with Crippen molar-refractivity contribution in [3.63, 3.8) is 0 Å². The Labute approximate surface area is 112 Å². The Morgan fingerprint density at radius 1 is 1.32 bits per heavy atom. The average molecular weight is 262 g/mol. The van der Waals surface area contributed by atoms with Crippen LogP contribution in [0, 0.1) is 0 Å². The third-order valence-corrected chi connectivity index (χ3v) is 3.27. The number of rotatable bonds is 5. The van der Waals surface area contributed by atoms with Crippen LogP contribution in [-0.2, 0) is 17.9 Å². The van der Waals surface area contributed by atoms with Crippen LogP contribution in [0.4, 0.5) is 0 Å². The molecule has 1 amide bonds. The Kier molecular flexibility index (Phi) is 4.16. The van der Waals surface area contributed by atoms with E-state index < -0.39 is 5.97 Å². The summed E-state index contributed by atoms with van der Waals surface area (Å²) in [6.45, 7) is 4.76. The fourth-order valence-corrected chi connectivity index (χ4v) is 2.30. The minimum absolute atomic E-state index is 0.0599. The number of carboxylic acids is 1. The van der Waals surface area contributed by atoms with Crippen molar-refractivity contribution >= 4 is 11.9 Å². The topological polar surface area (TPSA) is 69.6 Å². The van der Waals surface area contributed by atoms with E-state index in [1.807, 2.05) is 13.0 Å². The second-order valence-corrected chi connectivity index (χ2v) is 4.70. The number of carbonyl (C=O) groups is 2. The van der Waals surface area contributed by atoms with Crippen LogP contribution in [-0.4, -0.2) is 35.0 Å². The first-order valence-electron chi connectivity index (χ1n) is 6.44. The number of fused-ring (bicyclic) bond motifs is 1. The lowest BCUT2D eigenvalue weighted by Gasteiger charge is -2.13. The first-order chi connectivity index (χ1) is 9.10. The van der Waals surface area contributed by atoms with Crippen LogP contribution in [0.2, 0.25) is 0 Å². The third kappa shape index (κ3) is 3.32. The standard InChI is InChI=1S/C14H18N2O3/c1-2-15-13(17)5-6-16-8-11-4-3-10(14(18)19)7-12(11)9-16/h3-4,7H,2,5-6,8-9H2,1H3,(H,15,17)(H,18,19). The van der Waals surface area contributed by atoms with Gasteiger partial charge in [0, 0.05) is 32.6 Å². The molecule has 19 heavy (non-hydrogen) atoms. The van der Waals surface area contributed by atoms with E-state index in [0.29, 0.717) is 25.1 Å². The minimum Gasteiger partial charge on any atom is -0.478 e. The summed E-state index contributed by atoms with van der Waals surface area (Å²) < 4.78 is 0. The van der Waals surface area contributed by atoms with Gasteiger partial charge < -0.3 is 10.4 Å². The van der Waals surface area contributed by atoms with Gasteiger partial charge in [-0.05, 0) is 30.2 Å². The van der Waals surface area contributed by atoms with Gasteiger partial charge in [-0.2, -0.15) is 0 Å². The van der Waals surface area contributed by atoms with Gasteiger partial charge in [-0.3, -0.25) is 9.69 Å². The molecule has 0 bridgehead atoms. The summed E-state index contributed by atoms with van der Waals surface area (Å²) in [7, 11) is 0. The van der Waals surface area contributed by atoms with Gasteiger partial charge in [0.2, 0.25) is 5.91 Å². The first-order valence-corrected chi connectivity index (χ1v) is 6.44. The summed E-state index contributed by atoms with van der Waals surface area (Å²) in [6, 6.07) is 5.23. The number of hydrogen-bond acceptors (Lipinski definition) is 3. The van der Waals surface area contributed by atoms with Crippen molar-refractivity contribution in [3.05, 3.63) is 34.9 Å². The molecule has 5 heteroatoms. The number of carbonyl (C=O) groups excluding carboxylic acids is 1. The molecule has 102 valence electrons. The smallest absolute Gasteiger partial charge is 0.335 e. The van der Waals surface area contributed by atoms with Gasteiger partial charge >= 0.3 is 5.97 Å². The molecule has 0 radical (unpaired) electrons. The summed E-state index contributed by atoms with van der Waals surface area (Å²) in [5.74, 6) is -0.840. The molecule has 0 aliphatic carbocycles. The molecule has 1 aromatic rings. The van der Waals surface area contributed by atoms with Crippen molar-refractivity contribution in [2.24, 2.45) is 0 Å². The quantitative estimate of drug-likeness (QED) is 0.837. The lowest BCUT2D eigenvalue weighted by Crippen LogP contribution is -2.28. The van der Waals surface area contributed by atoms with Crippen molar-refractivity contribution < 1.29 is 14.7 Å². The van der Waals surface area contributed by atoms with Gasteiger partial charge in [0.1, 0.15) is 0 Å². The van der Waals surface area contributed by atoms with Crippen LogP contribution in [0.5, 0.6) is 0 Å². The predicted molar refractivity (Wildman–Crippen MR) is 70.8 cm³/mol. The highest BCUT2D eigenvalue weighted by Crippen LogP contribution is 2.23. The molecule has 0 saturated carbocycles. The van der Waals surface area contributed by atoms with E-state index in [0.717, 1.165) is 24.2 Å². The van der Waals surface area contributed by atoms with E-state index in [4.69, 9.17) is 5.11 Å². The zero-order chi connectivity index (χ0) is 13.8. The molecule has 2 N–H and O–H groups in total. The minimum atomic E-state index is -0.899. The van der Waals surface area contributed by atoms with E-state index in [1.54, 1.807) is 12.1 Å². The Morgan fingerprint density at radius 3 is 2.74 bits per heavy atom.